The fourth-order valence-corrected chi connectivity index (χ4v) is 0.688. The quantitative estimate of drug-likeness (QED) is 0.292. The number of ether oxygens (including phenoxy) is 1. The fraction of sp³-hybridized carbons (Fsp3) is 0.667. The molecule has 0 aromatic rings. The number of aliphatic hydroxyl groups excluding tert-OH is 1. The lowest BCUT2D eigenvalue weighted by atomic mass is 10.2. The Morgan fingerprint density at radius 2 is 2.17 bits per heavy atom. The van der Waals surface area contributed by atoms with Crippen molar-refractivity contribution in [2.24, 2.45) is 0 Å². The van der Waals surface area contributed by atoms with E-state index in [4.69, 9.17) is 5.11 Å². The number of carbonyl (C=O) groups excluding carboxylic acids is 1. The Morgan fingerprint density at radius 3 is 2.75 bits per heavy atom. The third kappa shape index (κ3) is 7.10. The number of unbranched alkanes of at least 4 members (excludes halogenated alkanes) is 3. The third-order valence-corrected chi connectivity index (χ3v) is 1.34. The summed E-state index contributed by atoms with van der Waals surface area (Å²) in [6, 6.07) is 0. The van der Waals surface area contributed by atoms with Crippen LogP contribution in [0.2, 0.25) is 0 Å². The Bertz CT molecular complexity index is 176. The van der Waals surface area contributed by atoms with Crippen molar-refractivity contribution in [2.75, 3.05) is 13.7 Å². The van der Waals surface area contributed by atoms with Crippen LogP contribution in [0.5, 0.6) is 0 Å². The summed E-state index contributed by atoms with van der Waals surface area (Å²) in [5.41, 5.74) is 0. The number of methoxy groups -OCH3 is 1. The van der Waals surface area contributed by atoms with Gasteiger partial charge in [0.2, 0.25) is 0 Å². The fourth-order valence-electron chi connectivity index (χ4n) is 0.688. The molecule has 0 amide bonds. The number of hydrogen-bond acceptors (Lipinski definition) is 3. The Kier molecular flexibility index (Phi) is 7.41. The number of carbonyl (C=O) groups is 1. The van der Waals surface area contributed by atoms with Gasteiger partial charge in [-0.15, -0.1) is 0 Å². The van der Waals surface area contributed by atoms with Crippen LogP contribution in [0.4, 0.5) is 0 Å². The summed E-state index contributed by atoms with van der Waals surface area (Å²) in [4.78, 5) is 10.5. The van der Waals surface area contributed by atoms with Crippen LogP contribution < -0.4 is 0 Å². The van der Waals surface area contributed by atoms with Gasteiger partial charge in [0.1, 0.15) is 0 Å². The number of rotatable bonds is 4. The molecule has 0 rings (SSSR count). The van der Waals surface area contributed by atoms with E-state index >= 15 is 0 Å². The average molecular weight is 170 g/mol. The first-order chi connectivity index (χ1) is 5.81. The monoisotopic (exact) mass is 170 g/mol. The molecule has 0 bridgehead atoms. The van der Waals surface area contributed by atoms with E-state index in [0.29, 0.717) is 6.42 Å². The maximum Gasteiger partial charge on any atom is 0.384 e. The predicted molar refractivity (Wildman–Crippen MR) is 45.3 cm³/mol. The summed E-state index contributed by atoms with van der Waals surface area (Å²) in [5, 5.41) is 8.44. The van der Waals surface area contributed by atoms with E-state index in [1.165, 1.54) is 7.11 Å². The van der Waals surface area contributed by atoms with Gasteiger partial charge in [0.15, 0.2) is 0 Å². The van der Waals surface area contributed by atoms with Gasteiger partial charge in [0, 0.05) is 18.9 Å². The van der Waals surface area contributed by atoms with Crippen molar-refractivity contribution < 1.29 is 14.6 Å². The molecule has 1 N–H and O–H groups in total. The lowest BCUT2D eigenvalue weighted by Crippen LogP contribution is -1.94. The van der Waals surface area contributed by atoms with Gasteiger partial charge in [0.25, 0.3) is 0 Å². The molecular weight excluding hydrogens is 156 g/mol. The van der Waals surface area contributed by atoms with E-state index in [1.807, 2.05) is 0 Å². The maximum absolute atomic E-state index is 10.5. The van der Waals surface area contributed by atoms with Gasteiger partial charge in [0.05, 0.1) is 7.11 Å². The minimum absolute atomic E-state index is 0.227. The first-order valence-corrected chi connectivity index (χ1v) is 3.99. The van der Waals surface area contributed by atoms with E-state index in [1.54, 1.807) is 0 Å². The minimum atomic E-state index is -0.489. The van der Waals surface area contributed by atoms with Crippen molar-refractivity contribution in [1.29, 1.82) is 0 Å². The molecule has 3 heteroatoms. The molecule has 0 saturated heterocycles. The topological polar surface area (TPSA) is 46.5 Å². The van der Waals surface area contributed by atoms with Crippen LogP contribution in [0, 0.1) is 11.8 Å². The van der Waals surface area contributed by atoms with Gasteiger partial charge < -0.3 is 9.84 Å². The molecule has 0 aliphatic heterocycles. The highest BCUT2D eigenvalue weighted by atomic mass is 16.5. The standard InChI is InChI=1S/C9H14O3/c1-12-9(11)7-5-3-2-4-6-8-10/h10H,2-4,6,8H2,1H3. The molecule has 0 heterocycles. The van der Waals surface area contributed by atoms with Gasteiger partial charge >= 0.3 is 5.97 Å². The number of esters is 1. The molecule has 0 aromatic heterocycles. The second-order valence-corrected chi connectivity index (χ2v) is 2.33. The summed E-state index contributed by atoms with van der Waals surface area (Å²) in [7, 11) is 1.31. The van der Waals surface area contributed by atoms with Crippen molar-refractivity contribution in [3.63, 3.8) is 0 Å². The molecule has 0 fully saturated rings. The molecule has 12 heavy (non-hydrogen) atoms. The Labute approximate surface area is 72.7 Å². The number of hydrogen-bond donors (Lipinski definition) is 1. The zero-order chi connectivity index (χ0) is 9.23. The molecule has 0 aliphatic rings. The van der Waals surface area contributed by atoms with Gasteiger partial charge in [-0.3, -0.25) is 0 Å². The SMILES string of the molecule is COC(=O)C#CCCCCCO. The molecule has 0 aliphatic carbocycles. The first-order valence-electron chi connectivity index (χ1n) is 3.99. The summed E-state index contributed by atoms with van der Waals surface area (Å²) in [6.45, 7) is 0.227. The molecule has 0 unspecified atom stereocenters. The van der Waals surface area contributed by atoms with Gasteiger partial charge in [-0.05, 0) is 12.8 Å². The Hall–Kier alpha value is -1.01. The highest BCUT2D eigenvalue weighted by Gasteiger charge is 1.88. The largest absolute Gasteiger partial charge is 0.459 e. The van der Waals surface area contributed by atoms with E-state index in [0.717, 1.165) is 19.3 Å². The lowest BCUT2D eigenvalue weighted by molar-refractivity contribution is -0.133. The molecule has 0 saturated carbocycles. The average Bonchev–Trinajstić information content (AvgIpc) is 2.10. The lowest BCUT2D eigenvalue weighted by Gasteiger charge is -1.91. The van der Waals surface area contributed by atoms with Crippen molar-refractivity contribution in [1.82, 2.24) is 0 Å². The Balaban J connectivity index is 3.27. The van der Waals surface area contributed by atoms with Gasteiger partial charge in [-0.2, -0.15) is 0 Å². The van der Waals surface area contributed by atoms with Crippen molar-refractivity contribution in [2.45, 2.75) is 25.7 Å². The normalized spacial score (nSPS) is 8.50. The molecule has 0 spiro atoms. The molecule has 0 atom stereocenters. The third-order valence-electron chi connectivity index (χ3n) is 1.34. The van der Waals surface area contributed by atoms with Gasteiger partial charge in [-0.25, -0.2) is 4.79 Å². The van der Waals surface area contributed by atoms with Crippen molar-refractivity contribution in [3.05, 3.63) is 0 Å². The number of aliphatic hydroxyl groups is 1. The van der Waals surface area contributed by atoms with E-state index in [9.17, 15) is 4.79 Å². The van der Waals surface area contributed by atoms with Crippen LogP contribution in [0.1, 0.15) is 25.7 Å². The highest BCUT2D eigenvalue weighted by Crippen LogP contribution is 1.96. The van der Waals surface area contributed by atoms with E-state index in [2.05, 4.69) is 16.6 Å². The second-order valence-electron chi connectivity index (χ2n) is 2.33. The maximum atomic E-state index is 10.5. The summed E-state index contributed by atoms with van der Waals surface area (Å²) < 4.78 is 4.33. The molecule has 0 radical (unpaired) electrons. The molecular formula is C9H14O3. The zero-order valence-electron chi connectivity index (χ0n) is 7.30. The van der Waals surface area contributed by atoms with E-state index in [-0.39, 0.29) is 6.61 Å². The van der Waals surface area contributed by atoms with Crippen LogP contribution >= 0.6 is 0 Å². The van der Waals surface area contributed by atoms with Crippen LogP contribution in [0.15, 0.2) is 0 Å². The molecule has 3 nitrogen and oxygen atoms in total. The van der Waals surface area contributed by atoms with Crippen LogP contribution in [0.3, 0.4) is 0 Å². The van der Waals surface area contributed by atoms with Crippen LogP contribution in [-0.2, 0) is 9.53 Å². The smallest absolute Gasteiger partial charge is 0.384 e. The van der Waals surface area contributed by atoms with Gasteiger partial charge in [-0.1, -0.05) is 12.3 Å². The first kappa shape index (κ1) is 11.0. The molecule has 68 valence electrons. The Morgan fingerprint density at radius 1 is 1.42 bits per heavy atom. The second kappa shape index (κ2) is 8.09. The summed E-state index contributed by atoms with van der Waals surface area (Å²) >= 11 is 0. The highest BCUT2D eigenvalue weighted by molar-refractivity contribution is 5.88. The molecule has 0 aromatic carbocycles. The summed E-state index contributed by atoms with van der Waals surface area (Å²) in [6.07, 6.45) is 3.37. The predicted octanol–water partition coefficient (Wildman–Crippen LogP) is 0.716. The van der Waals surface area contributed by atoms with Crippen molar-refractivity contribution >= 4 is 5.97 Å². The van der Waals surface area contributed by atoms with Crippen LogP contribution in [-0.4, -0.2) is 24.8 Å². The van der Waals surface area contributed by atoms with Crippen molar-refractivity contribution in [3.8, 4) is 11.8 Å². The van der Waals surface area contributed by atoms with E-state index < -0.39 is 5.97 Å². The minimum Gasteiger partial charge on any atom is -0.459 e. The van der Waals surface area contributed by atoms with Crippen LogP contribution in [0.25, 0.3) is 0 Å². The zero-order valence-corrected chi connectivity index (χ0v) is 7.30. The summed E-state index contributed by atoms with van der Waals surface area (Å²) in [5.74, 6) is 4.54.